The number of fused-ring (bicyclic) bond motifs is 1. The SMILES string of the molecule is C=C(c1ccc(C(=O)OC)cc1)c1ccc2c(c1)C(C#CC(C)(C)C)=C(C)CC2(C)C. The van der Waals surface area contributed by atoms with E-state index in [0.717, 1.165) is 28.7 Å². The summed E-state index contributed by atoms with van der Waals surface area (Å²) in [6.07, 6.45) is 1.00. The summed E-state index contributed by atoms with van der Waals surface area (Å²) in [5.41, 5.74) is 8.50. The summed E-state index contributed by atoms with van der Waals surface area (Å²) in [6, 6.07) is 14.0. The molecule has 3 rings (SSSR count). The lowest BCUT2D eigenvalue weighted by Crippen LogP contribution is -2.23. The third-order valence-electron chi connectivity index (χ3n) is 5.72. The number of methoxy groups -OCH3 is 1. The van der Waals surface area contributed by atoms with Crippen LogP contribution in [-0.4, -0.2) is 13.1 Å². The lowest BCUT2D eigenvalue weighted by atomic mass is 9.70. The van der Waals surface area contributed by atoms with Gasteiger partial charge in [-0.15, -0.1) is 0 Å². The zero-order valence-electron chi connectivity index (χ0n) is 19.8. The van der Waals surface area contributed by atoms with Gasteiger partial charge in [0.15, 0.2) is 0 Å². The minimum Gasteiger partial charge on any atom is -0.465 e. The van der Waals surface area contributed by atoms with E-state index in [1.165, 1.54) is 23.8 Å². The number of hydrogen-bond donors (Lipinski definition) is 0. The molecular formula is C29H32O2. The number of allylic oxidation sites excluding steroid dienone is 2. The molecule has 0 aromatic heterocycles. The maximum Gasteiger partial charge on any atom is 0.337 e. The standard InChI is InChI=1S/C29H32O2/c1-19-18-29(6,7)26-14-13-23(17-25(26)24(19)15-16-28(3,4)5)20(2)21-9-11-22(12-10-21)27(30)31-8/h9-14,17H,2,18H2,1,3-8H3. The summed E-state index contributed by atoms with van der Waals surface area (Å²) in [6.45, 7) is 17.5. The van der Waals surface area contributed by atoms with Crippen LogP contribution >= 0.6 is 0 Å². The average Bonchev–Trinajstić information content (AvgIpc) is 2.71. The minimum absolute atomic E-state index is 0.0526. The van der Waals surface area contributed by atoms with Crippen molar-refractivity contribution in [3.63, 3.8) is 0 Å². The average molecular weight is 413 g/mol. The number of benzene rings is 2. The second-order valence-corrected chi connectivity index (χ2v) is 10.0. The van der Waals surface area contributed by atoms with Gasteiger partial charge in [-0.1, -0.05) is 62.1 Å². The molecule has 1 aliphatic rings. The largest absolute Gasteiger partial charge is 0.465 e. The van der Waals surface area contributed by atoms with Crippen molar-refractivity contribution in [1.29, 1.82) is 0 Å². The number of hydrogen-bond acceptors (Lipinski definition) is 2. The van der Waals surface area contributed by atoms with Gasteiger partial charge in [0.1, 0.15) is 0 Å². The van der Waals surface area contributed by atoms with Gasteiger partial charge >= 0.3 is 5.97 Å². The lowest BCUT2D eigenvalue weighted by Gasteiger charge is -2.34. The van der Waals surface area contributed by atoms with Gasteiger partial charge in [0.25, 0.3) is 0 Å². The Kier molecular flexibility index (Phi) is 6.01. The van der Waals surface area contributed by atoms with E-state index in [4.69, 9.17) is 4.74 Å². The third kappa shape index (κ3) is 4.83. The van der Waals surface area contributed by atoms with Crippen molar-refractivity contribution in [2.45, 2.75) is 53.4 Å². The van der Waals surface area contributed by atoms with Crippen molar-refractivity contribution < 1.29 is 9.53 Å². The Labute approximate surface area is 187 Å². The summed E-state index contributed by atoms with van der Waals surface area (Å²) in [4.78, 5) is 11.7. The maximum atomic E-state index is 11.7. The van der Waals surface area contributed by atoms with Crippen molar-refractivity contribution in [3.05, 3.63) is 82.4 Å². The van der Waals surface area contributed by atoms with Crippen LogP contribution < -0.4 is 0 Å². The summed E-state index contributed by atoms with van der Waals surface area (Å²) < 4.78 is 4.79. The van der Waals surface area contributed by atoms with Gasteiger partial charge in [-0.2, -0.15) is 0 Å². The fourth-order valence-corrected chi connectivity index (χ4v) is 4.12. The zero-order valence-corrected chi connectivity index (χ0v) is 19.8. The summed E-state index contributed by atoms with van der Waals surface area (Å²) in [5, 5.41) is 0. The Morgan fingerprint density at radius 3 is 2.19 bits per heavy atom. The number of esters is 1. The second-order valence-electron chi connectivity index (χ2n) is 10.0. The predicted molar refractivity (Wildman–Crippen MR) is 130 cm³/mol. The molecule has 0 bridgehead atoms. The van der Waals surface area contributed by atoms with E-state index in [9.17, 15) is 4.79 Å². The first-order valence-corrected chi connectivity index (χ1v) is 10.7. The van der Waals surface area contributed by atoms with E-state index in [1.807, 2.05) is 12.1 Å². The highest BCUT2D eigenvalue weighted by molar-refractivity contribution is 5.91. The number of ether oxygens (including phenoxy) is 1. The van der Waals surface area contributed by atoms with Gasteiger partial charge in [-0.05, 0) is 85.6 Å². The van der Waals surface area contributed by atoms with Crippen LogP contribution in [-0.2, 0) is 10.2 Å². The van der Waals surface area contributed by atoms with Gasteiger partial charge in [-0.25, -0.2) is 4.79 Å². The molecule has 0 unspecified atom stereocenters. The summed E-state index contributed by atoms with van der Waals surface area (Å²) in [7, 11) is 1.39. The topological polar surface area (TPSA) is 26.3 Å². The molecule has 0 saturated heterocycles. The van der Waals surface area contributed by atoms with Crippen molar-refractivity contribution in [3.8, 4) is 11.8 Å². The van der Waals surface area contributed by atoms with Crippen LogP contribution in [0.4, 0.5) is 0 Å². The summed E-state index contributed by atoms with van der Waals surface area (Å²) >= 11 is 0. The van der Waals surface area contributed by atoms with E-state index in [1.54, 1.807) is 12.1 Å². The molecule has 1 aliphatic carbocycles. The number of carbonyl (C=O) groups is 1. The molecule has 0 N–H and O–H groups in total. The molecule has 0 amide bonds. The Hall–Kier alpha value is -3.05. The van der Waals surface area contributed by atoms with E-state index >= 15 is 0 Å². The highest BCUT2D eigenvalue weighted by atomic mass is 16.5. The van der Waals surface area contributed by atoms with Crippen LogP contribution in [0.5, 0.6) is 0 Å². The van der Waals surface area contributed by atoms with Crippen LogP contribution in [0.15, 0.2) is 54.6 Å². The second kappa shape index (κ2) is 8.23. The fraction of sp³-hybridized carbons (Fsp3) is 0.345. The first-order chi connectivity index (χ1) is 14.4. The fourth-order valence-electron chi connectivity index (χ4n) is 4.12. The quantitative estimate of drug-likeness (QED) is 0.399. The molecule has 0 aliphatic heterocycles. The van der Waals surface area contributed by atoms with Crippen molar-refractivity contribution in [1.82, 2.24) is 0 Å². The maximum absolute atomic E-state index is 11.7. The molecule has 0 fully saturated rings. The highest BCUT2D eigenvalue weighted by Gasteiger charge is 2.31. The van der Waals surface area contributed by atoms with Crippen LogP contribution in [0, 0.1) is 17.3 Å². The molecule has 2 heteroatoms. The number of rotatable bonds is 3. The van der Waals surface area contributed by atoms with Crippen molar-refractivity contribution in [2.75, 3.05) is 7.11 Å². The van der Waals surface area contributed by atoms with Crippen molar-refractivity contribution >= 4 is 17.1 Å². The first kappa shape index (κ1) is 22.6. The van der Waals surface area contributed by atoms with Crippen molar-refractivity contribution in [2.24, 2.45) is 5.41 Å². The first-order valence-electron chi connectivity index (χ1n) is 10.7. The molecule has 0 saturated carbocycles. The van der Waals surface area contributed by atoms with Crippen LogP contribution in [0.3, 0.4) is 0 Å². The van der Waals surface area contributed by atoms with Crippen LogP contribution in [0.2, 0.25) is 0 Å². The van der Waals surface area contributed by atoms with Gasteiger partial charge < -0.3 is 4.74 Å². The molecule has 0 spiro atoms. The molecule has 2 aromatic carbocycles. The van der Waals surface area contributed by atoms with Gasteiger partial charge in [0.2, 0.25) is 0 Å². The van der Waals surface area contributed by atoms with E-state index in [-0.39, 0.29) is 16.8 Å². The van der Waals surface area contributed by atoms with Gasteiger partial charge in [0.05, 0.1) is 12.7 Å². The smallest absolute Gasteiger partial charge is 0.337 e. The third-order valence-corrected chi connectivity index (χ3v) is 5.72. The molecule has 0 atom stereocenters. The number of carbonyl (C=O) groups excluding carboxylic acids is 1. The molecular weight excluding hydrogens is 380 g/mol. The van der Waals surface area contributed by atoms with E-state index in [2.05, 4.69) is 78.2 Å². The lowest BCUT2D eigenvalue weighted by molar-refractivity contribution is 0.0600. The van der Waals surface area contributed by atoms with E-state index in [0.29, 0.717) is 5.56 Å². The Bertz CT molecular complexity index is 1120. The van der Waals surface area contributed by atoms with E-state index < -0.39 is 0 Å². The van der Waals surface area contributed by atoms with Gasteiger partial charge in [0, 0.05) is 11.0 Å². The molecule has 0 heterocycles. The minimum atomic E-state index is -0.337. The van der Waals surface area contributed by atoms with Crippen LogP contribution in [0.25, 0.3) is 11.1 Å². The molecule has 0 radical (unpaired) electrons. The molecule has 2 nitrogen and oxygen atoms in total. The predicted octanol–water partition coefficient (Wildman–Crippen LogP) is 7.04. The zero-order chi connectivity index (χ0) is 23.0. The Morgan fingerprint density at radius 1 is 1.03 bits per heavy atom. The molecule has 160 valence electrons. The Balaban J connectivity index is 2.06. The summed E-state index contributed by atoms with van der Waals surface area (Å²) in [5.74, 6) is 6.57. The Morgan fingerprint density at radius 2 is 1.61 bits per heavy atom. The molecule has 31 heavy (non-hydrogen) atoms. The highest BCUT2D eigenvalue weighted by Crippen LogP contribution is 2.43. The van der Waals surface area contributed by atoms with Gasteiger partial charge in [-0.3, -0.25) is 0 Å². The van der Waals surface area contributed by atoms with Crippen LogP contribution in [0.1, 0.15) is 80.6 Å². The monoisotopic (exact) mass is 412 g/mol. The normalized spacial score (nSPS) is 14.9. The molecule has 2 aromatic rings.